The molecule has 106 valence electrons. The zero-order valence-corrected chi connectivity index (χ0v) is 11.5. The van der Waals surface area contributed by atoms with Crippen molar-refractivity contribution >= 4 is 11.6 Å². The lowest BCUT2D eigenvalue weighted by Crippen LogP contribution is -2.28. The molecule has 0 atom stereocenters. The Labute approximate surface area is 114 Å². The Bertz CT molecular complexity index is 394. The van der Waals surface area contributed by atoms with Crippen molar-refractivity contribution in [3.8, 4) is 0 Å². The van der Waals surface area contributed by atoms with Crippen LogP contribution in [-0.2, 0) is 4.74 Å². The van der Waals surface area contributed by atoms with Gasteiger partial charge in [-0.15, -0.1) is 0 Å². The molecule has 0 aromatic heterocycles. The maximum atomic E-state index is 12.0. The number of nitrogens with one attached hydrogen (secondary N) is 2. The summed E-state index contributed by atoms with van der Waals surface area (Å²) in [4.78, 5) is 12.0. The number of ether oxygens (including phenoxy) is 1. The molecule has 5 heteroatoms. The number of anilines is 1. The van der Waals surface area contributed by atoms with E-state index in [1.807, 2.05) is 32.0 Å². The molecule has 0 aliphatic heterocycles. The lowest BCUT2D eigenvalue weighted by Gasteiger charge is -2.14. The molecule has 1 rings (SSSR count). The summed E-state index contributed by atoms with van der Waals surface area (Å²) < 4.78 is 5.08. The molecule has 0 spiro atoms. The van der Waals surface area contributed by atoms with Crippen LogP contribution in [0, 0.1) is 0 Å². The number of carbonyl (C=O) groups excluding carboxylic acids is 1. The molecule has 0 bridgehead atoms. The van der Waals surface area contributed by atoms with Crippen molar-refractivity contribution in [1.29, 1.82) is 0 Å². The molecule has 0 radical (unpaired) electrons. The van der Waals surface area contributed by atoms with Gasteiger partial charge in [0.15, 0.2) is 0 Å². The molecule has 0 saturated heterocycles. The fourth-order valence-electron chi connectivity index (χ4n) is 1.62. The van der Waals surface area contributed by atoms with Gasteiger partial charge in [-0.25, -0.2) is 0 Å². The van der Waals surface area contributed by atoms with Crippen LogP contribution in [0.5, 0.6) is 0 Å². The van der Waals surface area contributed by atoms with Crippen LogP contribution in [0.4, 0.5) is 5.69 Å². The van der Waals surface area contributed by atoms with Gasteiger partial charge in [0.2, 0.25) is 0 Å². The fourth-order valence-corrected chi connectivity index (χ4v) is 1.62. The maximum Gasteiger partial charge on any atom is 0.253 e. The molecule has 1 aromatic rings. The van der Waals surface area contributed by atoms with Gasteiger partial charge >= 0.3 is 0 Å². The molecule has 0 aliphatic carbocycles. The number of para-hydroxylation sites is 1. The molecule has 0 fully saturated rings. The minimum Gasteiger partial charge on any atom is -0.394 e. The van der Waals surface area contributed by atoms with Crippen LogP contribution in [0.3, 0.4) is 0 Å². The number of rotatable bonds is 8. The summed E-state index contributed by atoms with van der Waals surface area (Å²) in [5.74, 6) is -0.128. The first-order valence-corrected chi connectivity index (χ1v) is 6.47. The van der Waals surface area contributed by atoms with E-state index in [4.69, 9.17) is 9.84 Å². The van der Waals surface area contributed by atoms with Crippen LogP contribution in [0.2, 0.25) is 0 Å². The first-order chi connectivity index (χ1) is 9.15. The Morgan fingerprint density at radius 1 is 1.32 bits per heavy atom. The smallest absolute Gasteiger partial charge is 0.253 e. The van der Waals surface area contributed by atoms with Gasteiger partial charge in [0, 0.05) is 18.3 Å². The average Bonchev–Trinajstić information content (AvgIpc) is 2.38. The topological polar surface area (TPSA) is 70.6 Å². The standard InChI is InChI=1S/C14H22N2O3/c1-11(2)16-13-6-4-3-5-12(13)14(18)15-7-9-19-10-8-17/h3-6,11,16-17H,7-10H2,1-2H3,(H,15,18). The summed E-state index contributed by atoms with van der Waals surface area (Å²) in [7, 11) is 0. The summed E-state index contributed by atoms with van der Waals surface area (Å²) in [6.07, 6.45) is 0. The summed E-state index contributed by atoms with van der Waals surface area (Å²) in [5, 5.41) is 14.6. The highest BCUT2D eigenvalue weighted by Crippen LogP contribution is 2.15. The van der Waals surface area contributed by atoms with Gasteiger partial charge in [-0.05, 0) is 26.0 Å². The molecule has 1 amide bonds. The number of amides is 1. The number of aliphatic hydroxyl groups is 1. The van der Waals surface area contributed by atoms with Crippen molar-refractivity contribution in [2.45, 2.75) is 19.9 Å². The Kier molecular flexibility index (Phi) is 6.92. The third-order valence-electron chi connectivity index (χ3n) is 2.38. The zero-order chi connectivity index (χ0) is 14.1. The van der Waals surface area contributed by atoms with Crippen LogP contribution in [0.15, 0.2) is 24.3 Å². The van der Waals surface area contributed by atoms with E-state index in [-0.39, 0.29) is 18.6 Å². The van der Waals surface area contributed by atoms with Gasteiger partial charge in [0.25, 0.3) is 5.91 Å². The minimum atomic E-state index is -0.128. The monoisotopic (exact) mass is 266 g/mol. The molecule has 0 heterocycles. The third kappa shape index (κ3) is 5.72. The van der Waals surface area contributed by atoms with E-state index in [1.54, 1.807) is 6.07 Å². The molecule has 5 nitrogen and oxygen atoms in total. The van der Waals surface area contributed by atoms with E-state index >= 15 is 0 Å². The van der Waals surface area contributed by atoms with Crippen LogP contribution in [0.25, 0.3) is 0 Å². The molecule has 19 heavy (non-hydrogen) atoms. The molecule has 0 aliphatic rings. The first kappa shape index (κ1) is 15.5. The molecular formula is C14H22N2O3. The number of hydrogen-bond donors (Lipinski definition) is 3. The summed E-state index contributed by atoms with van der Waals surface area (Å²) in [6, 6.07) is 7.67. The second kappa shape index (κ2) is 8.50. The van der Waals surface area contributed by atoms with Gasteiger partial charge in [-0.3, -0.25) is 4.79 Å². The molecule has 0 saturated carbocycles. The summed E-state index contributed by atoms with van der Waals surface area (Å²) in [6.45, 7) is 5.16. The Hall–Kier alpha value is -1.59. The van der Waals surface area contributed by atoms with E-state index in [2.05, 4.69) is 10.6 Å². The second-order valence-electron chi connectivity index (χ2n) is 4.44. The highest BCUT2D eigenvalue weighted by atomic mass is 16.5. The predicted octanol–water partition coefficient (Wildman–Crippen LogP) is 1.25. The van der Waals surface area contributed by atoms with Crippen molar-refractivity contribution in [1.82, 2.24) is 5.32 Å². The minimum absolute atomic E-state index is 0.00487. The van der Waals surface area contributed by atoms with Crippen LogP contribution in [0.1, 0.15) is 24.2 Å². The highest BCUT2D eigenvalue weighted by Gasteiger charge is 2.10. The Morgan fingerprint density at radius 2 is 2.05 bits per heavy atom. The van der Waals surface area contributed by atoms with Crippen molar-refractivity contribution in [3.05, 3.63) is 29.8 Å². The largest absolute Gasteiger partial charge is 0.394 e. The van der Waals surface area contributed by atoms with E-state index in [9.17, 15) is 4.79 Å². The third-order valence-corrected chi connectivity index (χ3v) is 2.38. The first-order valence-electron chi connectivity index (χ1n) is 6.47. The van der Waals surface area contributed by atoms with E-state index < -0.39 is 0 Å². The van der Waals surface area contributed by atoms with Gasteiger partial charge < -0.3 is 20.5 Å². The van der Waals surface area contributed by atoms with Crippen molar-refractivity contribution < 1.29 is 14.6 Å². The van der Waals surface area contributed by atoms with E-state index in [0.717, 1.165) is 5.69 Å². The quantitative estimate of drug-likeness (QED) is 0.619. The second-order valence-corrected chi connectivity index (χ2v) is 4.44. The van der Waals surface area contributed by atoms with Gasteiger partial charge in [-0.2, -0.15) is 0 Å². The molecule has 0 unspecified atom stereocenters. The number of aliphatic hydroxyl groups excluding tert-OH is 1. The van der Waals surface area contributed by atoms with Crippen LogP contribution in [-0.4, -0.2) is 43.4 Å². The summed E-state index contributed by atoms with van der Waals surface area (Å²) >= 11 is 0. The molecular weight excluding hydrogens is 244 g/mol. The van der Waals surface area contributed by atoms with Crippen LogP contribution < -0.4 is 10.6 Å². The molecule has 1 aromatic carbocycles. The number of benzene rings is 1. The van der Waals surface area contributed by atoms with Crippen LogP contribution >= 0.6 is 0 Å². The van der Waals surface area contributed by atoms with E-state index in [0.29, 0.717) is 25.3 Å². The predicted molar refractivity (Wildman–Crippen MR) is 75.4 cm³/mol. The maximum absolute atomic E-state index is 12.0. The normalized spacial score (nSPS) is 10.5. The summed E-state index contributed by atoms with van der Waals surface area (Å²) in [5.41, 5.74) is 1.45. The van der Waals surface area contributed by atoms with E-state index in [1.165, 1.54) is 0 Å². The lowest BCUT2D eigenvalue weighted by atomic mass is 10.1. The zero-order valence-electron chi connectivity index (χ0n) is 11.5. The number of carbonyl (C=O) groups is 1. The van der Waals surface area contributed by atoms with Crippen molar-refractivity contribution in [2.24, 2.45) is 0 Å². The Balaban J connectivity index is 2.51. The van der Waals surface area contributed by atoms with Crippen molar-refractivity contribution in [3.63, 3.8) is 0 Å². The Morgan fingerprint density at radius 3 is 2.74 bits per heavy atom. The fraction of sp³-hybridized carbons (Fsp3) is 0.500. The van der Waals surface area contributed by atoms with Gasteiger partial charge in [-0.1, -0.05) is 12.1 Å². The van der Waals surface area contributed by atoms with Gasteiger partial charge in [0.1, 0.15) is 0 Å². The van der Waals surface area contributed by atoms with Crippen molar-refractivity contribution in [2.75, 3.05) is 31.7 Å². The SMILES string of the molecule is CC(C)Nc1ccccc1C(=O)NCCOCCO. The van der Waals surface area contributed by atoms with Gasteiger partial charge in [0.05, 0.1) is 25.4 Å². The molecule has 3 N–H and O–H groups in total. The number of hydrogen-bond acceptors (Lipinski definition) is 4. The lowest BCUT2D eigenvalue weighted by molar-refractivity contribution is 0.0838. The average molecular weight is 266 g/mol. The highest BCUT2D eigenvalue weighted by molar-refractivity contribution is 5.99.